The molecule has 0 heterocycles. The van der Waals surface area contributed by atoms with Crippen molar-refractivity contribution in [1.82, 2.24) is 5.64 Å². The molecule has 0 aromatic heterocycles. The first-order chi connectivity index (χ1) is 5.13. The van der Waals surface area contributed by atoms with Crippen LogP contribution < -0.4 is 5.64 Å². The van der Waals surface area contributed by atoms with Crippen LogP contribution in [0.2, 0.25) is 0 Å². The molecule has 9 heteroatoms. The van der Waals surface area contributed by atoms with Gasteiger partial charge in [-0.2, -0.15) is 16.8 Å². The molecule has 0 bridgehead atoms. The summed E-state index contributed by atoms with van der Waals surface area (Å²) in [6, 6.07) is 0. The predicted octanol–water partition coefficient (Wildman–Crippen LogP) is -2.28. The van der Waals surface area contributed by atoms with Crippen molar-refractivity contribution >= 4 is 31.7 Å². The lowest BCUT2D eigenvalue weighted by Crippen LogP contribution is -2.13. The minimum atomic E-state index is -2.49. The Morgan fingerprint density at radius 1 is 0.909 bits per heavy atom. The summed E-state index contributed by atoms with van der Waals surface area (Å²) in [5, 5.41) is 0. The zero-order valence-corrected chi connectivity index (χ0v) is 6.55. The third-order valence-electron chi connectivity index (χ3n) is 0.350. The molecular formula is C2H3NO6S2. The fourth-order valence-electron chi connectivity index (χ4n) is 0.146. The van der Waals surface area contributed by atoms with E-state index in [4.69, 9.17) is 0 Å². The van der Waals surface area contributed by atoms with Crippen molar-refractivity contribution in [3.05, 3.63) is 0 Å². The maximum absolute atomic E-state index is 9.69. The average Bonchev–Trinajstić information content (AvgIpc) is 1.85. The summed E-state index contributed by atoms with van der Waals surface area (Å²) >= 11 is 0. The second-order valence-electron chi connectivity index (χ2n) is 1.03. The first-order valence-corrected chi connectivity index (χ1v) is 4.29. The summed E-state index contributed by atoms with van der Waals surface area (Å²) in [5.74, 6) is 0. The van der Waals surface area contributed by atoms with Crippen LogP contribution in [0.25, 0.3) is 0 Å². The molecule has 7 nitrogen and oxygen atoms in total. The molecule has 1 N–H and O–H groups in total. The molecule has 0 aliphatic carbocycles. The maximum atomic E-state index is 9.69. The molecule has 0 aromatic rings. The Morgan fingerprint density at radius 2 is 1.27 bits per heavy atom. The van der Waals surface area contributed by atoms with E-state index in [-0.39, 0.29) is 0 Å². The van der Waals surface area contributed by atoms with E-state index < -0.39 is 20.6 Å². The van der Waals surface area contributed by atoms with Gasteiger partial charge in [0.15, 0.2) is 11.1 Å². The van der Waals surface area contributed by atoms with Crippen molar-refractivity contribution in [3.63, 3.8) is 0 Å². The van der Waals surface area contributed by atoms with Crippen molar-refractivity contribution in [3.8, 4) is 0 Å². The van der Waals surface area contributed by atoms with E-state index in [2.05, 4.69) is 9.68 Å². The molecule has 0 saturated heterocycles. The van der Waals surface area contributed by atoms with Crippen LogP contribution in [0.3, 0.4) is 0 Å². The van der Waals surface area contributed by atoms with Gasteiger partial charge in [0, 0.05) is 0 Å². The molecule has 0 rings (SSSR count). The van der Waals surface area contributed by atoms with E-state index in [9.17, 15) is 16.8 Å². The zero-order valence-electron chi connectivity index (χ0n) is 4.92. The molecule has 0 saturated carbocycles. The van der Waals surface area contributed by atoms with Gasteiger partial charge in [0.05, 0.1) is 0 Å². The Morgan fingerprint density at radius 3 is 1.55 bits per heavy atom. The van der Waals surface area contributed by atoms with Crippen molar-refractivity contribution in [2.45, 2.75) is 0 Å². The van der Waals surface area contributed by atoms with E-state index >= 15 is 0 Å². The lowest BCUT2D eigenvalue weighted by atomic mass is 11.7. The van der Waals surface area contributed by atoms with Gasteiger partial charge in [-0.3, -0.25) is 0 Å². The minimum Gasteiger partial charge on any atom is -0.230 e. The molecule has 0 atom stereocenters. The highest BCUT2D eigenvalue weighted by Gasteiger charge is 1.78. The molecular weight excluding hydrogens is 198 g/mol. The molecule has 0 unspecified atom stereocenters. The predicted molar refractivity (Wildman–Crippen MR) is 35.3 cm³/mol. The highest BCUT2D eigenvalue weighted by atomic mass is 32.2. The Hall–Kier alpha value is -0.740. The van der Waals surface area contributed by atoms with Crippen molar-refractivity contribution < 1.29 is 26.5 Å². The Balaban J connectivity index is 3.61. The topological polar surface area (TPSA) is 98.8 Å². The van der Waals surface area contributed by atoms with Gasteiger partial charge >= 0.3 is 0 Å². The summed E-state index contributed by atoms with van der Waals surface area (Å²) in [5.41, 5.74) is 2.30. The normalized spacial score (nSPS) is 8.73. The van der Waals surface area contributed by atoms with Crippen LogP contribution in [0, 0.1) is 0 Å². The van der Waals surface area contributed by atoms with Crippen LogP contribution in [0.5, 0.6) is 0 Å². The molecule has 0 amide bonds. The summed E-state index contributed by atoms with van der Waals surface area (Å²) in [4.78, 5) is 7.86. The summed E-state index contributed by atoms with van der Waals surface area (Å²) in [6.45, 7) is 0. The van der Waals surface area contributed by atoms with E-state index in [1.54, 1.807) is 5.64 Å². The van der Waals surface area contributed by atoms with E-state index in [0.717, 1.165) is 0 Å². The first-order valence-electron chi connectivity index (χ1n) is 2.02. The van der Waals surface area contributed by atoms with Gasteiger partial charge in [-0.05, 0) is 0 Å². The van der Waals surface area contributed by atoms with Crippen LogP contribution in [0.15, 0.2) is 0 Å². The quantitative estimate of drug-likeness (QED) is 0.310. The zero-order chi connectivity index (χ0) is 8.69. The fraction of sp³-hybridized carbons (Fsp3) is 0. The van der Waals surface area contributed by atoms with Crippen LogP contribution in [-0.4, -0.2) is 27.9 Å². The molecule has 64 valence electrons. The molecule has 11 heavy (non-hydrogen) atoms. The fourth-order valence-corrected chi connectivity index (χ4v) is 0.381. The minimum absolute atomic E-state index is 0.377. The second-order valence-corrected chi connectivity index (χ2v) is 2.46. The lowest BCUT2D eigenvalue weighted by Gasteiger charge is -1.89. The third-order valence-corrected chi connectivity index (χ3v) is 0.856. The van der Waals surface area contributed by atoms with Gasteiger partial charge in [-0.1, -0.05) is 5.64 Å². The van der Waals surface area contributed by atoms with Crippen molar-refractivity contribution in [2.24, 2.45) is 0 Å². The van der Waals surface area contributed by atoms with E-state index in [0.29, 0.717) is 11.1 Å². The molecule has 0 radical (unpaired) electrons. The van der Waals surface area contributed by atoms with Gasteiger partial charge in [0.25, 0.3) is 0 Å². The van der Waals surface area contributed by atoms with Crippen LogP contribution in [0.1, 0.15) is 0 Å². The summed E-state index contributed by atoms with van der Waals surface area (Å²) < 4.78 is 38.8. The van der Waals surface area contributed by atoms with Gasteiger partial charge in [-0.25, -0.2) is 9.68 Å². The molecule has 0 fully saturated rings. The number of rotatable bonds is 4. The smallest absolute Gasteiger partial charge is 0.230 e. The Kier molecular flexibility index (Phi) is 5.60. The molecule has 0 spiro atoms. The number of nitrogens with one attached hydrogen (secondary N) is 1. The summed E-state index contributed by atoms with van der Waals surface area (Å²) in [6.07, 6.45) is 0. The monoisotopic (exact) mass is 201 g/mol. The SMILES string of the molecule is O=S(=O)=CONOC=S(=O)=O. The van der Waals surface area contributed by atoms with Gasteiger partial charge in [0.2, 0.25) is 20.6 Å². The van der Waals surface area contributed by atoms with Crippen molar-refractivity contribution in [2.75, 3.05) is 0 Å². The van der Waals surface area contributed by atoms with Gasteiger partial charge < -0.3 is 0 Å². The first kappa shape index (κ1) is 10.3. The lowest BCUT2D eigenvalue weighted by molar-refractivity contribution is -0.0256. The van der Waals surface area contributed by atoms with Crippen LogP contribution in [0.4, 0.5) is 0 Å². The van der Waals surface area contributed by atoms with Crippen LogP contribution >= 0.6 is 0 Å². The highest BCUT2D eigenvalue weighted by Crippen LogP contribution is 1.56. The second kappa shape index (κ2) is 6.00. The van der Waals surface area contributed by atoms with Crippen LogP contribution in [-0.2, 0) is 30.3 Å². The number of hydrogen-bond donors (Lipinski definition) is 1. The van der Waals surface area contributed by atoms with E-state index in [1.807, 2.05) is 0 Å². The van der Waals surface area contributed by atoms with Gasteiger partial charge in [0.1, 0.15) is 0 Å². The Bertz CT molecular complexity index is 296. The van der Waals surface area contributed by atoms with Gasteiger partial charge in [-0.15, -0.1) is 0 Å². The molecule has 0 aliphatic rings. The van der Waals surface area contributed by atoms with E-state index in [1.165, 1.54) is 0 Å². The van der Waals surface area contributed by atoms with Crippen molar-refractivity contribution in [1.29, 1.82) is 0 Å². The molecule has 0 aromatic carbocycles. The average molecular weight is 201 g/mol. The Labute approximate surface area is 64.5 Å². The largest absolute Gasteiger partial charge is 0.239 e. The third kappa shape index (κ3) is 9.26. The summed E-state index contributed by atoms with van der Waals surface area (Å²) in [7, 11) is -4.97. The maximum Gasteiger partial charge on any atom is 0.239 e. The number of hydrogen-bond acceptors (Lipinski definition) is 7. The molecule has 0 aliphatic heterocycles. The highest BCUT2D eigenvalue weighted by molar-refractivity contribution is 7.71. The standard InChI is InChI=1S/C2H3NO6S2/c4-10(5)1-8-3-9-2-11(6)7/h1-3H.